The van der Waals surface area contributed by atoms with Crippen molar-refractivity contribution in [2.24, 2.45) is 0 Å². The number of carbonyl (C=O) groups excluding carboxylic acids is 1. The normalized spacial score (nSPS) is 10.7. The summed E-state index contributed by atoms with van der Waals surface area (Å²) in [6, 6.07) is 6.02. The largest absolute Gasteiger partial charge is 0.460 e. The quantitative estimate of drug-likeness (QED) is 0.502. The van der Waals surface area contributed by atoms with Crippen molar-refractivity contribution < 1.29 is 13.9 Å². The minimum Gasteiger partial charge on any atom is -0.460 e. The minimum absolute atomic E-state index is 0.0893. The summed E-state index contributed by atoms with van der Waals surface area (Å²) in [5, 5.41) is 0.289. The van der Waals surface area contributed by atoms with Gasteiger partial charge in [0.1, 0.15) is 5.58 Å². The zero-order valence-corrected chi connectivity index (χ0v) is 12.1. The molecule has 2 rings (SSSR count). The number of hydrogen-bond donors (Lipinski definition) is 1. The van der Waals surface area contributed by atoms with Crippen LogP contribution >= 0.6 is 0 Å². The maximum Gasteiger partial charge on any atom is 0.374 e. The topological polar surface area (TPSA) is 82.5 Å². The Morgan fingerprint density at radius 3 is 2.86 bits per heavy atom. The SMILES string of the molecule is CCCCCCOC(=O)c1cc(=O)c2c(N)cccc2o1. The van der Waals surface area contributed by atoms with E-state index in [1.165, 1.54) is 0 Å². The Hall–Kier alpha value is -2.30. The Labute approximate surface area is 122 Å². The molecule has 1 aromatic heterocycles. The number of hydrogen-bond acceptors (Lipinski definition) is 5. The van der Waals surface area contributed by atoms with Crippen molar-refractivity contribution in [2.45, 2.75) is 32.6 Å². The van der Waals surface area contributed by atoms with Crippen LogP contribution in [0.25, 0.3) is 11.0 Å². The lowest BCUT2D eigenvalue weighted by molar-refractivity contribution is 0.0462. The van der Waals surface area contributed by atoms with E-state index < -0.39 is 5.97 Å². The van der Waals surface area contributed by atoms with Gasteiger partial charge in [-0.05, 0) is 18.6 Å². The number of rotatable bonds is 6. The van der Waals surface area contributed by atoms with Gasteiger partial charge in [0.25, 0.3) is 0 Å². The van der Waals surface area contributed by atoms with E-state index in [-0.39, 0.29) is 16.6 Å². The van der Waals surface area contributed by atoms with Crippen molar-refractivity contribution in [1.29, 1.82) is 0 Å². The summed E-state index contributed by atoms with van der Waals surface area (Å²) in [6.07, 6.45) is 4.06. The van der Waals surface area contributed by atoms with E-state index in [0.717, 1.165) is 31.7 Å². The number of carbonyl (C=O) groups is 1. The number of benzene rings is 1. The van der Waals surface area contributed by atoms with Crippen LogP contribution in [-0.4, -0.2) is 12.6 Å². The van der Waals surface area contributed by atoms with Gasteiger partial charge in [0.05, 0.1) is 12.0 Å². The second-order valence-electron chi connectivity index (χ2n) is 4.89. The van der Waals surface area contributed by atoms with Crippen LogP contribution in [0.15, 0.2) is 33.5 Å². The highest BCUT2D eigenvalue weighted by Gasteiger charge is 2.14. The first-order chi connectivity index (χ1) is 10.1. The van der Waals surface area contributed by atoms with Gasteiger partial charge in [0, 0.05) is 11.8 Å². The summed E-state index contributed by atoms with van der Waals surface area (Å²) < 4.78 is 10.5. The fourth-order valence-corrected chi connectivity index (χ4v) is 2.10. The second kappa shape index (κ2) is 6.92. The van der Waals surface area contributed by atoms with E-state index in [1.807, 2.05) is 0 Å². The molecule has 0 aliphatic carbocycles. The van der Waals surface area contributed by atoms with Crippen LogP contribution < -0.4 is 11.2 Å². The molecule has 2 N–H and O–H groups in total. The third kappa shape index (κ3) is 3.62. The van der Waals surface area contributed by atoms with Crippen molar-refractivity contribution in [3.05, 3.63) is 40.2 Å². The number of anilines is 1. The Bertz CT molecular complexity index is 690. The Kier molecular flexibility index (Phi) is 4.98. The molecule has 5 nitrogen and oxygen atoms in total. The molecule has 0 fully saturated rings. The van der Waals surface area contributed by atoms with Crippen LogP contribution in [-0.2, 0) is 4.74 Å². The summed E-state index contributed by atoms with van der Waals surface area (Å²) in [4.78, 5) is 23.9. The number of nitrogen functional groups attached to an aromatic ring is 1. The molecular weight excluding hydrogens is 270 g/mol. The predicted molar refractivity (Wildman–Crippen MR) is 81.3 cm³/mol. The average molecular weight is 289 g/mol. The van der Waals surface area contributed by atoms with Crippen molar-refractivity contribution in [3.63, 3.8) is 0 Å². The molecule has 0 spiro atoms. The summed E-state index contributed by atoms with van der Waals surface area (Å²) in [5.74, 6) is -0.707. The van der Waals surface area contributed by atoms with Gasteiger partial charge in [-0.1, -0.05) is 32.3 Å². The van der Waals surface area contributed by atoms with Gasteiger partial charge in [-0.25, -0.2) is 4.79 Å². The fraction of sp³-hybridized carbons (Fsp3) is 0.375. The number of ether oxygens (including phenoxy) is 1. The first kappa shape index (κ1) is 15.1. The fourth-order valence-electron chi connectivity index (χ4n) is 2.10. The molecule has 5 heteroatoms. The van der Waals surface area contributed by atoms with Gasteiger partial charge >= 0.3 is 5.97 Å². The smallest absolute Gasteiger partial charge is 0.374 e. The second-order valence-corrected chi connectivity index (χ2v) is 4.89. The molecule has 0 saturated carbocycles. The van der Waals surface area contributed by atoms with E-state index in [4.69, 9.17) is 14.9 Å². The monoisotopic (exact) mass is 289 g/mol. The summed E-state index contributed by atoms with van der Waals surface area (Å²) in [7, 11) is 0. The van der Waals surface area contributed by atoms with Crippen molar-refractivity contribution in [3.8, 4) is 0 Å². The van der Waals surface area contributed by atoms with E-state index >= 15 is 0 Å². The molecule has 0 atom stereocenters. The number of fused-ring (bicyclic) bond motifs is 1. The first-order valence-corrected chi connectivity index (χ1v) is 7.13. The predicted octanol–water partition coefficient (Wildman–Crippen LogP) is 3.11. The van der Waals surface area contributed by atoms with Crippen LogP contribution in [0.5, 0.6) is 0 Å². The number of unbranched alkanes of at least 4 members (excludes halogenated alkanes) is 3. The van der Waals surface area contributed by atoms with Crippen molar-refractivity contribution in [2.75, 3.05) is 12.3 Å². The molecule has 1 aromatic carbocycles. The molecule has 0 bridgehead atoms. The zero-order valence-electron chi connectivity index (χ0n) is 12.1. The van der Waals surface area contributed by atoms with Crippen molar-refractivity contribution in [1.82, 2.24) is 0 Å². The van der Waals surface area contributed by atoms with Crippen LogP contribution in [0.4, 0.5) is 5.69 Å². The van der Waals surface area contributed by atoms with Gasteiger partial charge in [-0.15, -0.1) is 0 Å². The third-order valence-electron chi connectivity index (χ3n) is 3.22. The Balaban J connectivity index is 2.12. The average Bonchev–Trinajstić information content (AvgIpc) is 2.46. The molecule has 0 radical (unpaired) electrons. The molecular formula is C16H19NO4. The molecule has 2 aromatic rings. The van der Waals surface area contributed by atoms with Crippen LogP contribution in [0, 0.1) is 0 Å². The van der Waals surface area contributed by atoms with Gasteiger partial charge in [0.2, 0.25) is 5.76 Å². The third-order valence-corrected chi connectivity index (χ3v) is 3.22. The molecule has 0 aliphatic heterocycles. The lowest BCUT2D eigenvalue weighted by Crippen LogP contribution is -2.11. The van der Waals surface area contributed by atoms with Crippen molar-refractivity contribution >= 4 is 22.6 Å². The van der Waals surface area contributed by atoms with Gasteiger partial charge in [-0.3, -0.25) is 4.79 Å². The number of nitrogens with two attached hydrogens (primary N) is 1. The lowest BCUT2D eigenvalue weighted by Gasteiger charge is -2.05. The van der Waals surface area contributed by atoms with E-state index in [1.54, 1.807) is 18.2 Å². The molecule has 0 aliphatic rings. The van der Waals surface area contributed by atoms with E-state index in [9.17, 15) is 9.59 Å². The highest BCUT2D eigenvalue weighted by molar-refractivity contribution is 5.92. The first-order valence-electron chi connectivity index (χ1n) is 7.13. The maximum absolute atomic E-state index is 12.0. The zero-order chi connectivity index (χ0) is 15.2. The molecule has 0 saturated heterocycles. The Morgan fingerprint density at radius 2 is 2.10 bits per heavy atom. The van der Waals surface area contributed by atoms with Crippen LogP contribution in [0.1, 0.15) is 43.2 Å². The molecule has 0 amide bonds. The molecule has 112 valence electrons. The molecule has 0 unspecified atom stereocenters. The molecule has 21 heavy (non-hydrogen) atoms. The summed E-state index contributed by atoms with van der Waals surface area (Å²) >= 11 is 0. The van der Waals surface area contributed by atoms with Gasteiger partial charge < -0.3 is 14.9 Å². The van der Waals surface area contributed by atoms with Gasteiger partial charge in [0.15, 0.2) is 5.43 Å². The Morgan fingerprint density at radius 1 is 1.29 bits per heavy atom. The van der Waals surface area contributed by atoms with Gasteiger partial charge in [-0.2, -0.15) is 0 Å². The lowest BCUT2D eigenvalue weighted by atomic mass is 10.2. The summed E-state index contributed by atoms with van der Waals surface area (Å²) in [6.45, 7) is 2.44. The minimum atomic E-state index is -0.618. The van der Waals surface area contributed by atoms with E-state index in [2.05, 4.69) is 6.92 Å². The van der Waals surface area contributed by atoms with Crippen LogP contribution in [0.3, 0.4) is 0 Å². The molecule has 1 heterocycles. The maximum atomic E-state index is 12.0. The van der Waals surface area contributed by atoms with E-state index in [0.29, 0.717) is 17.9 Å². The van der Waals surface area contributed by atoms with Crippen LogP contribution in [0.2, 0.25) is 0 Å². The standard InChI is InChI=1S/C16H19NO4/c1-2-3-4-5-9-20-16(19)14-10-12(18)15-11(17)7-6-8-13(15)21-14/h6-8,10H,2-5,9,17H2,1H3. The summed E-state index contributed by atoms with van der Waals surface area (Å²) in [5.41, 5.74) is 6.02. The highest BCUT2D eigenvalue weighted by atomic mass is 16.5. The highest BCUT2D eigenvalue weighted by Crippen LogP contribution is 2.18. The number of esters is 1.